The second kappa shape index (κ2) is 6.46. The second-order valence-corrected chi connectivity index (χ2v) is 5.40. The van der Waals surface area contributed by atoms with Gasteiger partial charge in [-0.3, -0.25) is 0 Å². The molecule has 1 aromatic rings. The van der Waals surface area contributed by atoms with Crippen molar-refractivity contribution in [3.63, 3.8) is 0 Å². The summed E-state index contributed by atoms with van der Waals surface area (Å²) in [4.78, 5) is 0. The molecule has 0 aliphatic carbocycles. The standard InChI is InChI=1S/C14H22ClNO3/c1-9(17)14(2,3)16-8-10-6-7-11(18-4)13(19-5)12(10)15/h6-7,9,16-17H,8H2,1-5H3. The molecule has 108 valence electrons. The lowest BCUT2D eigenvalue weighted by atomic mass is 9.98. The van der Waals surface area contributed by atoms with Crippen LogP contribution < -0.4 is 14.8 Å². The maximum absolute atomic E-state index is 9.67. The van der Waals surface area contributed by atoms with Gasteiger partial charge in [0, 0.05) is 12.1 Å². The molecule has 0 fully saturated rings. The lowest BCUT2D eigenvalue weighted by Gasteiger charge is -2.29. The van der Waals surface area contributed by atoms with Crippen LogP contribution in [0.2, 0.25) is 5.02 Å². The van der Waals surface area contributed by atoms with Gasteiger partial charge in [0.1, 0.15) is 0 Å². The Morgan fingerprint density at radius 3 is 2.42 bits per heavy atom. The molecule has 1 aromatic carbocycles. The van der Waals surface area contributed by atoms with E-state index in [-0.39, 0.29) is 0 Å². The number of hydrogen-bond acceptors (Lipinski definition) is 4. The summed E-state index contributed by atoms with van der Waals surface area (Å²) in [6.45, 7) is 6.17. The Labute approximate surface area is 119 Å². The third kappa shape index (κ3) is 3.75. The van der Waals surface area contributed by atoms with Crippen LogP contribution in [0, 0.1) is 0 Å². The molecule has 1 rings (SSSR count). The zero-order valence-corrected chi connectivity index (χ0v) is 12.8. The molecule has 0 heterocycles. The number of methoxy groups -OCH3 is 2. The fourth-order valence-corrected chi connectivity index (χ4v) is 1.84. The predicted octanol–water partition coefficient (Wildman–Crippen LogP) is 2.61. The van der Waals surface area contributed by atoms with Crippen molar-refractivity contribution in [1.29, 1.82) is 0 Å². The van der Waals surface area contributed by atoms with Crippen molar-refractivity contribution in [3.8, 4) is 11.5 Å². The van der Waals surface area contributed by atoms with Crippen LogP contribution in [-0.2, 0) is 6.54 Å². The Hall–Kier alpha value is -0.970. The first-order valence-electron chi connectivity index (χ1n) is 6.16. The number of aliphatic hydroxyl groups excluding tert-OH is 1. The molecular weight excluding hydrogens is 266 g/mol. The SMILES string of the molecule is COc1ccc(CNC(C)(C)C(C)O)c(Cl)c1OC. The van der Waals surface area contributed by atoms with Gasteiger partial charge in [0.15, 0.2) is 11.5 Å². The second-order valence-electron chi connectivity index (χ2n) is 5.03. The van der Waals surface area contributed by atoms with E-state index in [0.717, 1.165) is 5.56 Å². The molecule has 4 nitrogen and oxygen atoms in total. The highest BCUT2D eigenvalue weighted by molar-refractivity contribution is 6.33. The first-order chi connectivity index (χ1) is 8.83. The van der Waals surface area contributed by atoms with Crippen LogP contribution in [-0.4, -0.2) is 31.0 Å². The van der Waals surface area contributed by atoms with Crippen LogP contribution in [0.5, 0.6) is 11.5 Å². The molecule has 0 radical (unpaired) electrons. The maximum atomic E-state index is 9.67. The van der Waals surface area contributed by atoms with Gasteiger partial charge in [0.25, 0.3) is 0 Å². The van der Waals surface area contributed by atoms with Crippen molar-refractivity contribution in [3.05, 3.63) is 22.7 Å². The highest BCUT2D eigenvalue weighted by atomic mass is 35.5. The van der Waals surface area contributed by atoms with Crippen molar-refractivity contribution in [2.45, 2.75) is 39.0 Å². The van der Waals surface area contributed by atoms with Crippen molar-refractivity contribution < 1.29 is 14.6 Å². The van der Waals surface area contributed by atoms with E-state index >= 15 is 0 Å². The summed E-state index contributed by atoms with van der Waals surface area (Å²) < 4.78 is 10.4. The Morgan fingerprint density at radius 2 is 1.95 bits per heavy atom. The number of rotatable bonds is 6. The van der Waals surface area contributed by atoms with Gasteiger partial charge in [0.2, 0.25) is 0 Å². The summed E-state index contributed by atoms with van der Waals surface area (Å²) in [5.74, 6) is 1.13. The monoisotopic (exact) mass is 287 g/mol. The third-order valence-corrected chi connectivity index (χ3v) is 3.76. The highest BCUT2D eigenvalue weighted by Crippen LogP contribution is 2.37. The molecule has 0 amide bonds. The molecule has 1 atom stereocenters. The zero-order valence-electron chi connectivity index (χ0n) is 12.1. The van der Waals surface area contributed by atoms with E-state index in [1.54, 1.807) is 21.1 Å². The lowest BCUT2D eigenvalue weighted by Crippen LogP contribution is -2.47. The van der Waals surface area contributed by atoms with Gasteiger partial charge in [-0.05, 0) is 32.4 Å². The zero-order chi connectivity index (χ0) is 14.6. The van der Waals surface area contributed by atoms with E-state index in [1.807, 2.05) is 26.0 Å². The van der Waals surface area contributed by atoms with Crippen molar-refractivity contribution in [2.75, 3.05) is 14.2 Å². The van der Waals surface area contributed by atoms with Crippen LogP contribution >= 0.6 is 11.6 Å². The van der Waals surface area contributed by atoms with Gasteiger partial charge in [-0.2, -0.15) is 0 Å². The van der Waals surface area contributed by atoms with Crippen LogP contribution in [0.4, 0.5) is 0 Å². The number of aliphatic hydroxyl groups is 1. The molecule has 0 saturated heterocycles. The topological polar surface area (TPSA) is 50.7 Å². The van der Waals surface area contributed by atoms with Crippen LogP contribution in [0.1, 0.15) is 26.3 Å². The summed E-state index contributed by atoms with van der Waals surface area (Å²) in [6, 6.07) is 3.70. The van der Waals surface area contributed by atoms with Crippen molar-refractivity contribution in [2.24, 2.45) is 0 Å². The Bertz CT molecular complexity index is 433. The average molecular weight is 288 g/mol. The van der Waals surface area contributed by atoms with Gasteiger partial charge in [-0.25, -0.2) is 0 Å². The molecule has 2 N–H and O–H groups in total. The van der Waals surface area contributed by atoms with Crippen LogP contribution in [0.25, 0.3) is 0 Å². The number of nitrogens with one attached hydrogen (secondary N) is 1. The fourth-order valence-electron chi connectivity index (χ4n) is 1.54. The molecule has 0 aliphatic rings. The largest absolute Gasteiger partial charge is 0.493 e. The summed E-state index contributed by atoms with van der Waals surface area (Å²) in [5.41, 5.74) is 0.504. The van der Waals surface area contributed by atoms with Crippen LogP contribution in [0.3, 0.4) is 0 Å². The van der Waals surface area contributed by atoms with Gasteiger partial charge in [0.05, 0.1) is 25.3 Å². The molecule has 5 heteroatoms. The van der Waals surface area contributed by atoms with E-state index in [0.29, 0.717) is 23.1 Å². The number of hydrogen-bond donors (Lipinski definition) is 2. The van der Waals surface area contributed by atoms with Crippen molar-refractivity contribution in [1.82, 2.24) is 5.32 Å². The molecule has 19 heavy (non-hydrogen) atoms. The number of ether oxygens (including phenoxy) is 2. The first kappa shape index (κ1) is 16.1. The van der Waals surface area contributed by atoms with Gasteiger partial charge >= 0.3 is 0 Å². The highest BCUT2D eigenvalue weighted by Gasteiger charge is 2.24. The number of halogens is 1. The molecule has 1 unspecified atom stereocenters. The minimum absolute atomic E-state index is 0.392. The molecule has 0 aromatic heterocycles. The fraction of sp³-hybridized carbons (Fsp3) is 0.571. The van der Waals surface area contributed by atoms with Crippen LogP contribution in [0.15, 0.2) is 12.1 Å². The number of benzene rings is 1. The smallest absolute Gasteiger partial charge is 0.179 e. The predicted molar refractivity (Wildman–Crippen MR) is 77.2 cm³/mol. The lowest BCUT2D eigenvalue weighted by molar-refractivity contribution is 0.0956. The minimum atomic E-state index is -0.466. The minimum Gasteiger partial charge on any atom is -0.493 e. The van der Waals surface area contributed by atoms with E-state index < -0.39 is 11.6 Å². The normalized spacial score (nSPS) is 13.2. The Balaban J connectivity index is 2.92. The molecule has 0 saturated carbocycles. The van der Waals surface area contributed by atoms with Gasteiger partial charge < -0.3 is 19.9 Å². The summed E-state index contributed by atoms with van der Waals surface area (Å²) in [6.07, 6.45) is -0.466. The molecule has 0 bridgehead atoms. The van der Waals surface area contributed by atoms with Crippen molar-refractivity contribution >= 4 is 11.6 Å². The van der Waals surface area contributed by atoms with E-state index in [2.05, 4.69) is 5.32 Å². The van der Waals surface area contributed by atoms with E-state index in [1.165, 1.54) is 0 Å². The van der Waals surface area contributed by atoms with Gasteiger partial charge in [-0.15, -0.1) is 0 Å². The van der Waals surface area contributed by atoms with E-state index in [9.17, 15) is 5.11 Å². The summed E-state index contributed by atoms with van der Waals surface area (Å²) in [5, 5.41) is 13.5. The average Bonchev–Trinajstić information content (AvgIpc) is 2.36. The van der Waals surface area contributed by atoms with Gasteiger partial charge in [-0.1, -0.05) is 17.7 Å². The Kier molecular flexibility index (Phi) is 5.47. The first-order valence-corrected chi connectivity index (χ1v) is 6.53. The summed E-state index contributed by atoms with van der Waals surface area (Å²) in [7, 11) is 3.13. The quantitative estimate of drug-likeness (QED) is 0.844. The molecular formula is C14H22ClNO3. The Morgan fingerprint density at radius 1 is 1.32 bits per heavy atom. The van der Waals surface area contributed by atoms with E-state index in [4.69, 9.17) is 21.1 Å². The third-order valence-electron chi connectivity index (χ3n) is 3.34. The molecule has 0 spiro atoms. The maximum Gasteiger partial charge on any atom is 0.179 e. The molecule has 0 aliphatic heterocycles. The summed E-state index contributed by atoms with van der Waals surface area (Å²) >= 11 is 6.29.